The van der Waals surface area contributed by atoms with Crippen molar-refractivity contribution in [2.24, 2.45) is 0 Å². The summed E-state index contributed by atoms with van der Waals surface area (Å²) < 4.78 is 5.35. The van der Waals surface area contributed by atoms with Crippen molar-refractivity contribution >= 4 is 33.5 Å². The number of fused-ring (bicyclic) bond motifs is 2. The number of para-hydroxylation sites is 1. The Morgan fingerprint density at radius 1 is 0.919 bits per heavy atom. The summed E-state index contributed by atoms with van der Waals surface area (Å²) in [5, 5.41) is 6.31. The zero-order chi connectivity index (χ0) is 25.2. The number of hydrogen-bond acceptors (Lipinski definition) is 6. The van der Waals surface area contributed by atoms with Gasteiger partial charge in [0.2, 0.25) is 5.95 Å². The van der Waals surface area contributed by atoms with Gasteiger partial charge in [-0.15, -0.1) is 0 Å². The molecule has 3 aromatic carbocycles. The second-order valence-electron chi connectivity index (χ2n) is 9.28. The summed E-state index contributed by atoms with van der Waals surface area (Å²) in [6.45, 7) is 1.61. The summed E-state index contributed by atoms with van der Waals surface area (Å²) in [6.07, 6.45) is 5.20. The molecular weight excluding hydrogens is 462 g/mol. The highest BCUT2D eigenvalue weighted by atomic mass is 16.5. The van der Waals surface area contributed by atoms with Gasteiger partial charge in [-0.25, -0.2) is 15.0 Å². The molecule has 6 rings (SSSR count). The van der Waals surface area contributed by atoms with Gasteiger partial charge in [-0.2, -0.15) is 0 Å². The van der Waals surface area contributed by atoms with Gasteiger partial charge in [-0.05, 0) is 60.0 Å². The van der Waals surface area contributed by atoms with Crippen molar-refractivity contribution in [2.45, 2.75) is 18.9 Å². The molecule has 1 saturated heterocycles. The van der Waals surface area contributed by atoms with Gasteiger partial charge in [0.25, 0.3) is 5.91 Å². The first kappa shape index (κ1) is 22.9. The van der Waals surface area contributed by atoms with Crippen LogP contribution in [0, 0.1) is 0 Å². The molecule has 5 aromatic rings. The van der Waals surface area contributed by atoms with E-state index in [1.165, 1.54) is 0 Å². The Hall–Kier alpha value is -4.52. The van der Waals surface area contributed by atoms with E-state index in [2.05, 4.69) is 32.3 Å². The molecule has 37 heavy (non-hydrogen) atoms. The predicted octanol–water partition coefficient (Wildman–Crippen LogP) is 5.25. The summed E-state index contributed by atoms with van der Waals surface area (Å²) in [5.41, 5.74) is 3.19. The molecule has 0 aliphatic carbocycles. The van der Waals surface area contributed by atoms with Crippen molar-refractivity contribution in [2.75, 3.05) is 25.1 Å². The van der Waals surface area contributed by atoms with E-state index < -0.39 is 0 Å². The highest BCUT2D eigenvalue weighted by Crippen LogP contribution is 2.29. The molecule has 1 fully saturated rings. The van der Waals surface area contributed by atoms with Crippen molar-refractivity contribution in [3.8, 4) is 17.0 Å². The van der Waals surface area contributed by atoms with Gasteiger partial charge in [0.1, 0.15) is 5.75 Å². The van der Waals surface area contributed by atoms with Gasteiger partial charge >= 0.3 is 0 Å². The number of nitrogens with zero attached hydrogens (tertiary/aromatic N) is 4. The maximum atomic E-state index is 13.6. The first-order chi connectivity index (χ1) is 18.2. The minimum absolute atomic E-state index is 0.0696. The summed E-state index contributed by atoms with van der Waals surface area (Å²) in [7, 11) is 1.67. The number of amides is 1. The second kappa shape index (κ2) is 9.85. The molecular formula is C30H27N5O2. The summed E-state index contributed by atoms with van der Waals surface area (Å²) >= 11 is 0. The Bertz CT molecular complexity index is 1580. The average molecular weight is 490 g/mol. The molecule has 1 N–H and O–H groups in total. The monoisotopic (exact) mass is 489 g/mol. The van der Waals surface area contributed by atoms with Crippen molar-refractivity contribution in [3.05, 3.63) is 90.8 Å². The number of aromatic nitrogens is 3. The molecule has 1 amide bonds. The van der Waals surface area contributed by atoms with Crippen molar-refractivity contribution in [1.82, 2.24) is 20.3 Å². The van der Waals surface area contributed by atoms with Gasteiger partial charge < -0.3 is 15.0 Å². The molecule has 184 valence electrons. The fourth-order valence-corrected chi connectivity index (χ4v) is 4.96. The number of ether oxygens (including phenoxy) is 1. The van der Waals surface area contributed by atoms with Crippen LogP contribution >= 0.6 is 0 Å². The minimum Gasteiger partial charge on any atom is -0.497 e. The van der Waals surface area contributed by atoms with Crippen molar-refractivity contribution < 1.29 is 9.53 Å². The van der Waals surface area contributed by atoms with E-state index in [4.69, 9.17) is 9.72 Å². The molecule has 0 atom stereocenters. The fourth-order valence-electron chi connectivity index (χ4n) is 4.96. The Balaban J connectivity index is 1.27. The number of rotatable bonds is 5. The topological polar surface area (TPSA) is 80.2 Å². The maximum absolute atomic E-state index is 13.6. The first-order valence-corrected chi connectivity index (χ1v) is 12.5. The predicted molar refractivity (Wildman–Crippen MR) is 146 cm³/mol. The van der Waals surface area contributed by atoms with Crippen LogP contribution in [-0.4, -0.2) is 47.1 Å². The lowest BCUT2D eigenvalue weighted by molar-refractivity contribution is 0.0932. The number of nitrogens with one attached hydrogen (secondary N) is 1. The van der Waals surface area contributed by atoms with Gasteiger partial charge in [0.15, 0.2) is 0 Å². The quantitative estimate of drug-likeness (QED) is 0.363. The summed E-state index contributed by atoms with van der Waals surface area (Å²) in [5.74, 6) is 1.50. The highest BCUT2D eigenvalue weighted by molar-refractivity contribution is 6.07. The van der Waals surface area contributed by atoms with E-state index in [1.807, 2.05) is 60.7 Å². The summed E-state index contributed by atoms with van der Waals surface area (Å²) in [4.78, 5) is 29.3. The fraction of sp³-hybridized carbons (Fsp3) is 0.200. The molecule has 3 heterocycles. The smallest absolute Gasteiger partial charge is 0.252 e. The number of carbonyl (C=O) groups is 1. The number of piperidine rings is 1. The average Bonchev–Trinajstić information content (AvgIpc) is 2.96. The van der Waals surface area contributed by atoms with E-state index >= 15 is 0 Å². The van der Waals surface area contributed by atoms with E-state index in [9.17, 15) is 4.79 Å². The van der Waals surface area contributed by atoms with Gasteiger partial charge in [-0.3, -0.25) is 4.79 Å². The maximum Gasteiger partial charge on any atom is 0.252 e. The third-order valence-corrected chi connectivity index (χ3v) is 6.97. The third kappa shape index (κ3) is 4.68. The molecule has 7 heteroatoms. The van der Waals surface area contributed by atoms with E-state index in [0.717, 1.165) is 70.6 Å². The Kier molecular flexibility index (Phi) is 6.10. The largest absolute Gasteiger partial charge is 0.497 e. The Morgan fingerprint density at radius 2 is 1.68 bits per heavy atom. The first-order valence-electron chi connectivity index (χ1n) is 12.5. The van der Waals surface area contributed by atoms with Gasteiger partial charge in [0, 0.05) is 42.5 Å². The van der Waals surface area contributed by atoms with Crippen molar-refractivity contribution in [3.63, 3.8) is 0 Å². The van der Waals surface area contributed by atoms with Crippen LogP contribution in [0.15, 0.2) is 85.2 Å². The van der Waals surface area contributed by atoms with E-state index in [-0.39, 0.29) is 11.9 Å². The molecule has 0 bridgehead atoms. The number of carbonyl (C=O) groups excluding carboxylic acids is 1. The highest BCUT2D eigenvalue weighted by Gasteiger charge is 2.23. The van der Waals surface area contributed by atoms with E-state index in [1.54, 1.807) is 19.5 Å². The van der Waals surface area contributed by atoms with Crippen LogP contribution in [0.1, 0.15) is 23.2 Å². The number of benzene rings is 3. The zero-order valence-electron chi connectivity index (χ0n) is 20.6. The van der Waals surface area contributed by atoms with Gasteiger partial charge in [-0.1, -0.05) is 36.4 Å². The molecule has 1 aliphatic heterocycles. The molecule has 0 unspecified atom stereocenters. The van der Waals surface area contributed by atoms with Crippen LogP contribution in [0.5, 0.6) is 5.75 Å². The third-order valence-electron chi connectivity index (χ3n) is 6.97. The van der Waals surface area contributed by atoms with Crippen molar-refractivity contribution in [1.29, 1.82) is 0 Å². The molecule has 1 aliphatic rings. The van der Waals surface area contributed by atoms with Crippen LogP contribution in [0.2, 0.25) is 0 Å². The molecule has 2 aromatic heterocycles. The van der Waals surface area contributed by atoms with Crippen LogP contribution in [-0.2, 0) is 0 Å². The standard InChI is InChI=1S/C30H27N5O2/c1-37-24-10-9-20-17-22(8-7-21(20)18-24)28-19-26(25-5-2-3-6-27(25)34-28)29(36)33-23-11-15-35(16-12-23)30-31-13-4-14-32-30/h2-10,13-14,17-19,23H,11-12,15-16H2,1H3,(H,33,36). The lowest BCUT2D eigenvalue weighted by Gasteiger charge is -2.32. The van der Waals surface area contributed by atoms with E-state index in [0.29, 0.717) is 5.56 Å². The van der Waals surface area contributed by atoms with Crippen LogP contribution in [0.4, 0.5) is 5.95 Å². The Labute approximate surface area is 215 Å². The molecule has 7 nitrogen and oxygen atoms in total. The minimum atomic E-state index is -0.0696. The normalized spacial score (nSPS) is 14.1. The van der Waals surface area contributed by atoms with Crippen LogP contribution in [0.3, 0.4) is 0 Å². The SMILES string of the molecule is COc1ccc2cc(-c3cc(C(=O)NC4CCN(c5ncccn5)CC4)c4ccccc4n3)ccc2c1. The number of anilines is 1. The number of methoxy groups -OCH3 is 1. The van der Waals surface area contributed by atoms with Crippen LogP contribution < -0.4 is 15.0 Å². The number of pyridine rings is 1. The second-order valence-corrected chi connectivity index (χ2v) is 9.28. The lowest BCUT2D eigenvalue weighted by Crippen LogP contribution is -2.45. The Morgan fingerprint density at radius 3 is 2.49 bits per heavy atom. The van der Waals surface area contributed by atoms with Gasteiger partial charge in [0.05, 0.1) is 23.9 Å². The lowest BCUT2D eigenvalue weighted by atomic mass is 10.00. The summed E-state index contributed by atoms with van der Waals surface area (Å²) in [6, 6.07) is 23.9. The van der Waals surface area contributed by atoms with Crippen LogP contribution in [0.25, 0.3) is 32.9 Å². The molecule has 0 saturated carbocycles. The number of hydrogen-bond donors (Lipinski definition) is 1. The molecule has 0 radical (unpaired) electrons. The zero-order valence-corrected chi connectivity index (χ0v) is 20.6. The molecule has 0 spiro atoms.